The molecule has 0 spiro atoms. The molecule has 29 heavy (non-hydrogen) atoms. The van der Waals surface area contributed by atoms with Crippen LogP contribution in [0.3, 0.4) is 0 Å². The molecular formula is C17H20F3N3O5S. The van der Waals surface area contributed by atoms with Crippen LogP contribution >= 0.6 is 0 Å². The molecule has 0 radical (unpaired) electrons. The predicted octanol–water partition coefficient (Wildman–Crippen LogP) is 2.05. The Morgan fingerprint density at radius 3 is 2.34 bits per heavy atom. The molecule has 0 unspecified atom stereocenters. The average molecular weight is 435 g/mol. The van der Waals surface area contributed by atoms with Gasteiger partial charge in [-0.05, 0) is 29.9 Å². The van der Waals surface area contributed by atoms with Crippen molar-refractivity contribution in [1.29, 1.82) is 0 Å². The normalized spacial score (nSPS) is 12.8. The molecule has 0 saturated heterocycles. The number of nitrogens with one attached hydrogen (secondary N) is 1. The third-order valence-corrected chi connectivity index (χ3v) is 4.88. The van der Waals surface area contributed by atoms with Crippen LogP contribution in [0.2, 0.25) is 0 Å². The molecule has 0 saturated carbocycles. The third kappa shape index (κ3) is 7.31. The molecule has 0 aliphatic carbocycles. The minimum absolute atomic E-state index is 0.0168. The van der Waals surface area contributed by atoms with E-state index in [-0.39, 0.29) is 10.8 Å². The Bertz CT molecular complexity index is 972. The Morgan fingerprint density at radius 1 is 1.24 bits per heavy atom. The average Bonchev–Trinajstić information content (AvgIpc) is 2.60. The fourth-order valence-electron chi connectivity index (χ4n) is 2.20. The lowest BCUT2D eigenvalue weighted by atomic mass is 10.0. The van der Waals surface area contributed by atoms with Gasteiger partial charge in [-0.1, -0.05) is 26.0 Å². The van der Waals surface area contributed by atoms with Crippen molar-refractivity contribution >= 4 is 32.7 Å². The number of alkyl halides is 3. The molecule has 1 heterocycles. The molecule has 2 rings (SSSR count). The van der Waals surface area contributed by atoms with E-state index in [0.29, 0.717) is 11.8 Å². The van der Waals surface area contributed by atoms with Crippen molar-refractivity contribution in [2.75, 3.05) is 0 Å². The number of nitrogens with zero attached hydrogens (tertiary/aromatic N) is 1. The number of carboxylic acids is 1. The van der Waals surface area contributed by atoms with Crippen LogP contribution in [0.4, 0.5) is 13.2 Å². The quantitative estimate of drug-likeness (QED) is 0.653. The molecule has 1 atom stereocenters. The first-order chi connectivity index (χ1) is 13.3. The maximum atomic E-state index is 12.4. The molecule has 1 amide bonds. The number of carboxylic acid groups (broad SMARTS) is 1. The van der Waals surface area contributed by atoms with Crippen LogP contribution in [-0.4, -0.2) is 42.6 Å². The number of aliphatic carboxylic acids is 1. The topological polar surface area (TPSA) is 139 Å². The van der Waals surface area contributed by atoms with Crippen molar-refractivity contribution in [3.05, 3.63) is 36.7 Å². The zero-order chi connectivity index (χ0) is 22.4. The summed E-state index contributed by atoms with van der Waals surface area (Å²) in [6.07, 6.45) is -1.63. The Hall–Kier alpha value is -2.73. The molecule has 0 aliphatic heterocycles. The number of aromatic nitrogens is 1. The standard InChI is InChI=1S/C15H19N3O3S.C2HF3O2/c1-10(2)8-13(16)15(19)18-22(20,21)14-5-3-4-11-6-7-17-9-12(11)14;3-2(4,5)1(6)7/h3-7,9-10,13H,8,16H2,1-2H3,(H,18,19);(H,6,7)/t13-;/m0./s1. The fraction of sp³-hybridized carbons (Fsp3) is 0.353. The highest BCUT2D eigenvalue weighted by Gasteiger charge is 2.38. The van der Waals surface area contributed by atoms with Crippen LogP contribution in [-0.2, 0) is 19.6 Å². The number of nitrogens with two attached hydrogens (primary N) is 1. The minimum atomic E-state index is -5.08. The second-order valence-electron chi connectivity index (χ2n) is 6.36. The van der Waals surface area contributed by atoms with Gasteiger partial charge in [0.1, 0.15) is 0 Å². The summed E-state index contributed by atoms with van der Waals surface area (Å²) in [5.74, 6) is -3.26. The highest BCUT2D eigenvalue weighted by molar-refractivity contribution is 7.90. The molecule has 160 valence electrons. The van der Waals surface area contributed by atoms with Crippen molar-refractivity contribution in [3.8, 4) is 0 Å². The van der Waals surface area contributed by atoms with Gasteiger partial charge in [0.2, 0.25) is 0 Å². The predicted molar refractivity (Wildman–Crippen MR) is 98.2 cm³/mol. The summed E-state index contributed by atoms with van der Waals surface area (Å²) in [6, 6.07) is 5.69. The van der Waals surface area contributed by atoms with E-state index >= 15 is 0 Å². The lowest BCUT2D eigenvalue weighted by Crippen LogP contribution is -2.44. The summed E-state index contributed by atoms with van der Waals surface area (Å²) in [5, 5.41) is 8.32. The van der Waals surface area contributed by atoms with E-state index in [4.69, 9.17) is 15.6 Å². The maximum absolute atomic E-state index is 12.4. The van der Waals surface area contributed by atoms with E-state index in [1.807, 2.05) is 13.8 Å². The first kappa shape index (κ1) is 24.3. The zero-order valence-electron chi connectivity index (χ0n) is 15.5. The molecule has 12 heteroatoms. The number of benzene rings is 1. The lowest BCUT2D eigenvalue weighted by molar-refractivity contribution is -0.192. The molecule has 0 bridgehead atoms. The zero-order valence-corrected chi connectivity index (χ0v) is 16.3. The van der Waals surface area contributed by atoms with Crippen LogP contribution in [0.15, 0.2) is 41.6 Å². The molecule has 2 aromatic rings. The van der Waals surface area contributed by atoms with Gasteiger partial charge < -0.3 is 10.8 Å². The number of rotatable bonds is 5. The van der Waals surface area contributed by atoms with Crippen LogP contribution in [0, 0.1) is 5.92 Å². The third-order valence-electron chi connectivity index (χ3n) is 3.47. The molecule has 1 aromatic carbocycles. The van der Waals surface area contributed by atoms with Gasteiger partial charge in [-0.15, -0.1) is 0 Å². The SMILES string of the molecule is CC(C)C[C@H](N)C(=O)NS(=O)(=O)c1cccc2ccncc12.O=C(O)C(F)(F)F. The number of carbonyl (C=O) groups is 2. The molecular weight excluding hydrogens is 415 g/mol. The van der Waals surface area contributed by atoms with Gasteiger partial charge in [-0.3, -0.25) is 9.78 Å². The molecule has 8 nitrogen and oxygen atoms in total. The summed E-state index contributed by atoms with van der Waals surface area (Å²) in [6.45, 7) is 3.83. The van der Waals surface area contributed by atoms with Gasteiger partial charge >= 0.3 is 12.1 Å². The van der Waals surface area contributed by atoms with E-state index in [9.17, 15) is 26.4 Å². The number of fused-ring (bicyclic) bond motifs is 1. The van der Waals surface area contributed by atoms with E-state index < -0.39 is 34.1 Å². The Labute approximate surface area is 165 Å². The molecule has 4 N–H and O–H groups in total. The minimum Gasteiger partial charge on any atom is -0.475 e. The van der Waals surface area contributed by atoms with Gasteiger partial charge in [0, 0.05) is 17.8 Å². The Morgan fingerprint density at radius 2 is 1.83 bits per heavy atom. The highest BCUT2D eigenvalue weighted by Crippen LogP contribution is 2.21. The van der Waals surface area contributed by atoms with Crippen LogP contribution < -0.4 is 10.5 Å². The van der Waals surface area contributed by atoms with E-state index in [1.54, 1.807) is 24.4 Å². The summed E-state index contributed by atoms with van der Waals surface area (Å²) in [7, 11) is -3.99. The molecule has 0 fully saturated rings. The summed E-state index contributed by atoms with van der Waals surface area (Å²) in [4.78, 5) is 24.8. The largest absolute Gasteiger partial charge is 0.490 e. The van der Waals surface area contributed by atoms with Crippen molar-refractivity contribution in [2.45, 2.75) is 37.4 Å². The second-order valence-corrected chi connectivity index (χ2v) is 8.01. The van der Waals surface area contributed by atoms with E-state index in [2.05, 4.69) is 9.71 Å². The van der Waals surface area contributed by atoms with Crippen LogP contribution in [0.5, 0.6) is 0 Å². The Kier molecular flexibility index (Phi) is 8.09. The van der Waals surface area contributed by atoms with Crippen LogP contribution in [0.25, 0.3) is 10.8 Å². The van der Waals surface area contributed by atoms with Crippen molar-refractivity contribution in [2.24, 2.45) is 11.7 Å². The van der Waals surface area contributed by atoms with Crippen molar-refractivity contribution in [1.82, 2.24) is 9.71 Å². The first-order valence-corrected chi connectivity index (χ1v) is 9.69. The number of carbonyl (C=O) groups excluding carboxylic acids is 1. The molecule has 0 aliphatic rings. The number of amides is 1. The monoisotopic (exact) mass is 435 g/mol. The van der Waals surface area contributed by atoms with Gasteiger partial charge in [-0.25, -0.2) is 17.9 Å². The van der Waals surface area contributed by atoms with Gasteiger partial charge in [-0.2, -0.15) is 13.2 Å². The second kappa shape index (κ2) is 9.65. The smallest absolute Gasteiger partial charge is 0.475 e. The fourth-order valence-corrected chi connectivity index (χ4v) is 3.44. The van der Waals surface area contributed by atoms with Crippen LogP contribution in [0.1, 0.15) is 20.3 Å². The summed E-state index contributed by atoms with van der Waals surface area (Å²) in [5.41, 5.74) is 5.73. The highest BCUT2D eigenvalue weighted by atomic mass is 32.2. The number of sulfonamides is 1. The first-order valence-electron chi connectivity index (χ1n) is 8.20. The number of hydrogen-bond acceptors (Lipinski definition) is 6. The number of pyridine rings is 1. The van der Waals surface area contributed by atoms with Gasteiger partial charge in [0.05, 0.1) is 10.9 Å². The number of halogens is 3. The summed E-state index contributed by atoms with van der Waals surface area (Å²) >= 11 is 0. The Balaban J connectivity index is 0.000000516. The van der Waals surface area contributed by atoms with E-state index in [0.717, 1.165) is 5.39 Å². The van der Waals surface area contributed by atoms with E-state index in [1.165, 1.54) is 12.3 Å². The molecule has 1 aromatic heterocycles. The summed E-state index contributed by atoms with van der Waals surface area (Å²) < 4.78 is 58.6. The maximum Gasteiger partial charge on any atom is 0.490 e. The van der Waals surface area contributed by atoms with Gasteiger partial charge in [0.25, 0.3) is 15.9 Å². The number of hydrogen-bond donors (Lipinski definition) is 3. The van der Waals surface area contributed by atoms with Gasteiger partial charge in [0.15, 0.2) is 0 Å². The van der Waals surface area contributed by atoms with Crippen molar-refractivity contribution < 1.29 is 36.3 Å². The van der Waals surface area contributed by atoms with Crippen molar-refractivity contribution in [3.63, 3.8) is 0 Å². The lowest BCUT2D eigenvalue weighted by Gasteiger charge is -2.15.